The van der Waals surface area contributed by atoms with Crippen LogP contribution >= 0.6 is 0 Å². The molecule has 4 heteroatoms. The molecule has 3 atom stereocenters. The highest BCUT2D eigenvalue weighted by Crippen LogP contribution is 2.20. The Morgan fingerprint density at radius 3 is 2.17 bits per heavy atom. The van der Waals surface area contributed by atoms with E-state index in [1.807, 2.05) is 60.7 Å². The largest absolute Gasteiger partial charge is 0.388 e. The van der Waals surface area contributed by atoms with Gasteiger partial charge in [0.1, 0.15) is 18.3 Å². The normalized spacial score (nSPS) is 24.0. The van der Waals surface area contributed by atoms with E-state index in [9.17, 15) is 5.11 Å². The molecule has 3 rings (SSSR count). The zero-order valence-corrected chi connectivity index (χ0v) is 13.0. The fourth-order valence-corrected chi connectivity index (χ4v) is 2.65. The number of ether oxygens (including phenoxy) is 3. The molecule has 0 saturated carbocycles. The minimum atomic E-state index is -0.607. The molecular weight excluding hydrogens is 292 g/mol. The lowest BCUT2D eigenvalue weighted by molar-refractivity contribution is -0.0741. The highest BCUT2D eigenvalue weighted by atomic mass is 16.6. The molecule has 1 saturated heterocycles. The van der Waals surface area contributed by atoms with Crippen molar-refractivity contribution in [1.82, 2.24) is 0 Å². The van der Waals surface area contributed by atoms with Crippen LogP contribution in [0.4, 0.5) is 0 Å². The molecule has 0 amide bonds. The first-order valence-electron chi connectivity index (χ1n) is 7.90. The summed E-state index contributed by atoms with van der Waals surface area (Å²) < 4.78 is 17.2. The summed E-state index contributed by atoms with van der Waals surface area (Å²) in [5.41, 5.74) is 2.20. The molecule has 1 fully saturated rings. The van der Waals surface area contributed by atoms with E-state index in [1.54, 1.807) is 0 Å². The zero-order chi connectivity index (χ0) is 15.9. The summed E-state index contributed by atoms with van der Waals surface area (Å²) in [6, 6.07) is 19.9. The maximum absolute atomic E-state index is 10.0. The Bertz CT molecular complexity index is 572. The molecule has 1 aliphatic rings. The third-order valence-corrected chi connectivity index (χ3v) is 3.91. The Hall–Kier alpha value is -1.72. The molecule has 0 radical (unpaired) electrons. The summed E-state index contributed by atoms with van der Waals surface area (Å²) in [5, 5.41) is 10.0. The number of hydrogen-bond donors (Lipinski definition) is 1. The Morgan fingerprint density at radius 2 is 1.52 bits per heavy atom. The lowest BCUT2D eigenvalue weighted by atomic mass is 10.1. The Morgan fingerprint density at radius 1 is 0.913 bits per heavy atom. The first-order valence-corrected chi connectivity index (χ1v) is 7.90. The summed E-state index contributed by atoms with van der Waals surface area (Å²) in [4.78, 5) is 0. The Labute approximate surface area is 136 Å². The number of rotatable bonds is 7. The van der Waals surface area contributed by atoms with Gasteiger partial charge >= 0.3 is 0 Å². The van der Waals surface area contributed by atoms with Gasteiger partial charge in [0.2, 0.25) is 0 Å². The van der Waals surface area contributed by atoms with Gasteiger partial charge in [-0.25, -0.2) is 0 Å². The predicted octanol–water partition coefficient (Wildman–Crippen LogP) is 2.55. The summed E-state index contributed by atoms with van der Waals surface area (Å²) >= 11 is 0. The van der Waals surface area contributed by atoms with E-state index in [4.69, 9.17) is 14.2 Å². The molecule has 1 heterocycles. The third-order valence-electron chi connectivity index (χ3n) is 3.91. The second-order valence-electron chi connectivity index (χ2n) is 5.70. The van der Waals surface area contributed by atoms with Gasteiger partial charge in [0.15, 0.2) is 0 Å². The van der Waals surface area contributed by atoms with E-state index in [-0.39, 0.29) is 12.2 Å². The van der Waals surface area contributed by atoms with Crippen LogP contribution in [0.15, 0.2) is 60.7 Å². The molecule has 0 spiro atoms. The van der Waals surface area contributed by atoms with Crippen molar-refractivity contribution in [3.05, 3.63) is 71.8 Å². The Kier molecular flexibility index (Phi) is 5.77. The molecule has 1 aliphatic heterocycles. The predicted molar refractivity (Wildman–Crippen MR) is 86.9 cm³/mol. The van der Waals surface area contributed by atoms with Crippen LogP contribution in [0.3, 0.4) is 0 Å². The summed E-state index contributed by atoms with van der Waals surface area (Å²) in [5.74, 6) is 0. The third kappa shape index (κ3) is 4.62. The molecule has 0 unspecified atom stereocenters. The molecule has 0 aliphatic carbocycles. The lowest BCUT2D eigenvalue weighted by Crippen LogP contribution is -2.35. The van der Waals surface area contributed by atoms with Crippen molar-refractivity contribution >= 4 is 0 Å². The number of aliphatic hydroxyl groups excluding tert-OH is 1. The minimum Gasteiger partial charge on any atom is -0.388 e. The lowest BCUT2D eigenvalue weighted by Gasteiger charge is -2.21. The van der Waals surface area contributed by atoms with Crippen LogP contribution in [0.1, 0.15) is 11.1 Å². The number of hydrogen-bond acceptors (Lipinski definition) is 4. The van der Waals surface area contributed by atoms with E-state index in [2.05, 4.69) is 0 Å². The van der Waals surface area contributed by atoms with Crippen molar-refractivity contribution in [3.8, 4) is 0 Å². The van der Waals surface area contributed by atoms with Crippen LogP contribution in [-0.4, -0.2) is 36.6 Å². The van der Waals surface area contributed by atoms with Crippen molar-refractivity contribution in [2.24, 2.45) is 0 Å². The second kappa shape index (κ2) is 8.22. The average molecular weight is 314 g/mol. The van der Waals surface area contributed by atoms with Crippen LogP contribution in [0.25, 0.3) is 0 Å². The van der Waals surface area contributed by atoms with Crippen molar-refractivity contribution < 1.29 is 19.3 Å². The molecule has 0 aromatic heterocycles. The molecule has 2 aromatic carbocycles. The molecular formula is C19H22O4. The van der Waals surface area contributed by atoms with Crippen molar-refractivity contribution in [1.29, 1.82) is 0 Å². The van der Waals surface area contributed by atoms with Gasteiger partial charge < -0.3 is 19.3 Å². The van der Waals surface area contributed by atoms with Gasteiger partial charge in [0.05, 0.1) is 26.4 Å². The molecule has 122 valence electrons. The van der Waals surface area contributed by atoms with Gasteiger partial charge in [-0.2, -0.15) is 0 Å². The standard InChI is InChI=1S/C19H22O4/c20-17-13-22-18(14-21-11-15-7-3-1-4-8-15)19(17)23-12-16-9-5-2-6-10-16/h1-10,17-20H,11-14H2/t17-,18+,19+/m0/s1. The molecule has 4 nitrogen and oxygen atoms in total. The molecule has 0 bridgehead atoms. The first-order chi connectivity index (χ1) is 11.3. The molecule has 2 aromatic rings. The minimum absolute atomic E-state index is 0.238. The van der Waals surface area contributed by atoms with Crippen molar-refractivity contribution in [3.63, 3.8) is 0 Å². The van der Waals surface area contributed by atoms with Gasteiger partial charge in [-0.05, 0) is 11.1 Å². The fraction of sp³-hybridized carbons (Fsp3) is 0.368. The number of aliphatic hydroxyl groups is 1. The highest BCUT2D eigenvalue weighted by molar-refractivity contribution is 5.14. The highest BCUT2D eigenvalue weighted by Gasteiger charge is 2.37. The van der Waals surface area contributed by atoms with Gasteiger partial charge in [-0.3, -0.25) is 0 Å². The smallest absolute Gasteiger partial charge is 0.114 e. The van der Waals surface area contributed by atoms with E-state index in [1.165, 1.54) is 0 Å². The van der Waals surface area contributed by atoms with E-state index >= 15 is 0 Å². The fourth-order valence-electron chi connectivity index (χ4n) is 2.65. The zero-order valence-electron chi connectivity index (χ0n) is 13.0. The van der Waals surface area contributed by atoms with Gasteiger partial charge in [-0.15, -0.1) is 0 Å². The molecule has 23 heavy (non-hydrogen) atoms. The maximum atomic E-state index is 10.0. The summed E-state index contributed by atoms with van der Waals surface area (Å²) in [7, 11) is 0. The van der Waals surface area contributed by atoms with Gasteiger partial charge in [0, 0.05) is 0 Å². The summed E-state index contributed by atoms with van der Waals surface area (Å²) in [6.45, 7) is 1.69. The number of benzene rings is 2. The average Bonchev–Trinajstić information content (AvgIpc) is 2.95. The van der Waals surface area contributed by atoms with Crippen LogP contribution in [-0.2, 0) is 27.4 Å². The first kappa shape index (κ1) is 16.1. The van der Waals surface area contributed by atoms with E-state index in [0.29, 0.717) is 26.4 Å². The van der Waals surface area contributed by atoms with Crippen LogP contribution in [0, 0.1) is 0 Å². The maximum Gasteiger partial charge on any atom is 0.114 e. The summed E-state index contributed by atoms with van der Waals surface area (Å²) in [6.07, 6.45) is -1.20. The van der Waals surface area contributed by atoms with Crippen LogP contribution < -0.4 is 0 Å². The van der Waals surface area contributed by atoms with Crippen LogP contribution in [0.5, 0.6) is 0 Å². The van der Waals surface area contributed by atoms with Gasteiger partial charge in [-0.1, -0.05) is 60.7 Å². The SMILES string of the molecule is O[C@H]1CO[C@H](COCc2ccccc2)[C@@H]1OCc1ccccc1. The quantitative estimate of drug-likeness (QED) is 0.853. The monoisotopic (exact) mass is 314 g/mol. The van der Waals surface area contributed by atoms with Crippen molar-refractivity contribution in [2.75, 3.05) is 13.2 Å². The second-order valence-corrected chi connectivity index (χ2v) is 5.70. The van der Waals surface area contributed by atoms with Crippen LogP contribution in [0.2, 0.25) is 0 Å². The molecule has 1 N–H and O–H groups in total. The van der Waals surface area contributed by atoms with E-state index in [0.717, 1.165) is 11.1 Å². The van der Waals surface area contributed by atoms with Crippen molar-refractivity contribution in [2.45, 2.75) is 31.5 Å². The topological polar surface area (TPSA) is 47.9 Å². The van der Waals surface area contributed by atoms with Gasteiger partial charge in [0.25, 0.3) is 0 Å². The Balaban J connectivity index is 1.48. The van der Waals surface area contributed by atoms with E-state index < -0.39 is 6.10 Å².